The lowest BCUT2D eigenvalue weighted by Gasteiger charge is -2.22. The highest BCUT2D eigenvalue weighted by Crippen LogP contribution is 2.25. The van der Waals surface area contributed by atoms with Crippen molar-refractivity contribution in [2.45, 2.75) is 45.1 Å². The molecule has 0 atom stereocenters. The van der Waals surface area contributed by atoms with Gasteiger partial charge in [-0.05, 0) is 50.3 Å². The SMILES string of the molecule is CC(=O)N1CCCN(C(=O)c2cccc(OC3CCCC3)c2)CC1. The maximum Gasteiger partial charge on any atom is 0.254 e. The summed E-state index contributed by atoms with van der Waals surface area (Å²) < 4.78 is 6.00. The maximum atomic E-state index is 12.8. The van der Waals surface area contributed by atoms with E-state index in [-0.39, 0.29) is 17.9 Å². The quantitative estimate of drug-likeness (QED) is 0.856. The Morgan fingerprint density at radius 1 is 1.00 bits per heavy atom. The lowest BCUT2D eigenvalue weighted by Crippen LogP contribution is -2.36. The number of carbonyl (C=O) groups excluding carboxylic acids is 2. The number of hydrogen-bond donors (Lipinski definition) is 0. The van der Waals surface area contributed by atoms with E-state index in [0.717, 1.165) is 31.6 Å². The summed E-state index contributed by atoms with van der Waals surface area (Å²) in [6.07, 6.45) is 5.77. The number of ether oxygens (including phenoxy) is 1. The topological polar surface area (TPSA) is 49.9 Å². The van der Waals surface area contributed by atoms with Crippen molar-refractivity contribution in [1.29, 1.82) is 0 Å². The largest absolute Gasteiger partial charge is 0.490 e. The molecule has 0 aromatic heterocycles. The zero-order valence-corrected chi connectivity index (χ0v) is 14.4. The van der Waals surface area contributed by atoms with Crippen LogP contribution in [-0.2, 0) is 4.79 Å². The van der Waals surface area contributed by atoms with Crippen molar-refractivity contribution in [2.75, 3.05) is 26.2 Å². The van der Waals surface area contributed by atoms with Gasteiger partial charge >= 0.3 is 0 Å². The Morgan fingerprint density at radius 3 is 2.46 bits per heavy atom. The number of rotatable bonds is 3. The number of amides is 2. The Hall–Kier alpha value is -2.04. The molecule has 1 aromatic rings. The predicted molar refractivity (Wildman–Crippen MR) is 92.1 cm³/mol. The molecule has 2 amide bonds. The normalized spacial score (nSPS) is 19.2. The summed E-state index contributed by atoms with van der Waals surface area (Å²) in [5.41, 5.74) is 0.668. The Kier molecular flexibility index (Phi) is 5.38. The summed E-state index contributed by atoms with van der Waals surface area (Å²) in [6.45, 7) is 4.20. The predicted octanol–water partition coefficient (Wildman–Crippen LogP) is 2.70. The Balaban J connectivity index is 1.64. The Labute approximate surface area is 143 Å². The molecule has 0 N–H and O–H groups in total. The molecule has 0 bridgehead atoms. The van der Waals surface area contributed by atoms with Crippen LogP contribution >= 0.6 is 0 Å². The summed E-state index contributed by atoms with van der Waals surface area (Å²) in [4.78, 5) is 28.0. The molecule has 5 nitrogen and oxygen atoms in total. The Bertz CT molecular complexity index is 596. The van der Waals surface area contributed by atoms with Crippen molar-refractivity contribution in [2.24, 2.45) is 0 Å². The molecular weight excluding hydrogens is 304 g/mol. The van der Waals surface area contributed by atoms with Gasteiger partial charge in [-0.15, -0.1) is 0 Å². The van der Waals surface area contributed by atoms with Gasteiger partial charge in [0.25, 0.3) is 5.91 Å². The van der Waals surface area contributed by atoms with E-state index in [9.17, 15) is 9.59 Å². The van der Waals surface area contributed by atoms with Crippen molar-refractivity contribution in [3.8, 4) is 5.75 Å². The summed E-state index contributed by atoms with van der Waals surface area (Å²) >= 11 is 0. The number of hydrogen-bond acceptors (Lipinski definition) is 3. The molecular formula is C19H26N2O3. The van der Waals surface area contributed by atoms with Gasteiger partial charge in [-0.3, -0.25) is 9.59 Å². The summed E-state index contributed by atoms with van der Waals surface area (Å²) in [6, 6.07) is 7.51. The van der Waals surface area contributed by atoms with E-state index in [4.69, 9.17) is 4.74 Å². The van der Waals surface area contributed by atoms with Crippen molar-refractivity contribution < 1.29 is 14.3 Å². The molecule has 1 heterocycles. The first-order chi connectivity index (χ1) is 11.6. The van der Waals surface area contributed by atoms with Gasteiger partial charge in [0.15, 0.2) is 0 Å². The van der Waals surface area contributed by atoms with E-state index in [1.165, 1.54) is 12.8 Å². The molecule has 2 aliphatic rings. The van der Waals surface area contributed by atoms with Crippen LogP contribution in [0.2, 0.25) is 0 Å². The molecule has 130 valence electrons. The second kappa shape index (κ2) is 7.69. The van der Waals surface area contributed by atoms with Crippen LogP contribution in [0, 0.1) is 0 Å². The molecule has 0 radical (unpaired) electrons. The number of nitrogens with zero attached hydrogens (tertiary/aromatic N) is 2. The van der Waals surface area contributed by atoms with Gasteiger partial charge in [-0.1, -0.05) is 6.07 Å². The third-order valence-corrected chi connectivity index (χ3v) is 4.91. The minimum atomic E-state index is 0.0253. The molecule has 1 aromatic carbocycles. The molecule has 0 unspecified atom stereocenters. The minimum absolute atomic E-state index is 0.0253. The highest BCUT2D eigenvalue weighted by atomic mass is 16.5. The van der Waals surface area contributed by atoms with Crippen LogP contribution < -0.4 is 4.74 Å². The molecule has 1 aliphatic heterocycles. The average molecular weight is 330 g/mol. The fourth-order valence-corrected chi connectivity index (χ4v) is 3.52. The van der Waals surface area contributed by atoms with E-state index in [1.807, 2.05) is 34.1 Å². The molecule has 1 saturated heterocycles. The van der Waals surface area contributed by atoms with Gasteiger partial charge in [0, 0.05) is 38.7 Å². The van der Waals surface area contributed by atoms with Gasteiger partial charge < -0.3 is 14.5 Å². The van der Waals surface area contributed by atoms with Crippen LogP contribution in [-0.4, -0.2) is 53.9 Å². The van der Waals surface area contributed by atoms with Crippen molar-refractivity contribution in [3.05, 3.63) is 29.8 Å². The fourth-order valence-electron chi connectivity index (χ4n) is 3.52. The molecule has 1 aliphatic carbocycles. The highest BCUT2D eigenvalue weighted by Gasteiger charge is 2.22. The summed E-state index contributed by atoms with van der Waals surface area (Å²) in [5.74, 6) is 0.890. The summed E-state index contributed by atoms with van der Waals surface area (Å²) in [7, 11) is 0. The fraction of sp³-hybridized carbons (Fsp3) is 0.579. The first kappa shape index (κ1) is 16.8. The lowest BCUT2D eigenvalue weighted by atomic mass is 10.1. The first-order valence-corrected chi connectivity index (χ1v) is 8.95. The first-order valence-electron chi connectivity index (χ1n) is 8.95. The van der Waals surface area contributed by atoms with Crippen LogP contribution in [0.5, 0.6) is 5.75 Å². The zero-order valence-electron chi connectivity index (χ0n) is 14.4. The van der Waals surface area contributed by atoms with Crippen molar-refractivity contribution in [1.82, 2.24) is 9.80 Å². The smallest absolute Gasteiger partial charge is 0.254 e. The monoisotopic (exact) mass is 330 g/mol. The second-order valence-corrected chi connectivity index (χ2v) is 6.70. The zero-order chi connectivity index (χ0) is 16.9. The van der Waals surface area contributed by atoms with Crippen molar-refractivity contribution >= 4 is 11.8 Å². The van der Waals surface area contributed by atoms with Crippen LogP contribution in [0.25, 0.3) is 0 Å². The molecule has 24 heavy (non-hydrogen) atoms. The Morgan fingerprint density at radius 2 is 1.71 bits per heavy atom. The maximum absolute atomic E-state index is 12.8. The van der Waals surface area contributed by atoms with E-state index < -0.39 is 0 Å². The molecule has 2 fully saturated rings. The van der Waals surface area contributed by atoms with E-state index in [0.29, 0.717) is 25.2 Å². The third kappa shape index (κ3) is 4.08. The van der Waals surface area contributed by atoms with E-state index >= 15 is 0 Å². The van der Waals surface area contributed by atoms with Crippen LogP contribution in [0.4, 0.5) is 0 Å². The van der Waals surface area contributed by atoms with E-state index in [1.54, 1.807) is 6.92 Å². The lowest BCUT2D eigenvalue weighted by molar-refractivity contribution is -0.128. The molecule has 3 rings (SSSR count). The minimum Gasteiger partial charge on any atom is -0.490 e. The van der Waals surface area contributed by atoms with Gasteiger partial charge in [0.1, 0.15) is 5.75 Å². The number of carbonyl (C=O) groups is 2. The second-order valence-electron chi connectivity index (χ2n) is 6.70. The third-order valence-electron chi connectivity index (χ3n) is 4.91. The standard InChI is InChI=1S/C19H26N2O3/c1-15(22)20-10-5-11-21(13-12-20)19(23)16-6-4-9-18(14-16)24-17-7-2-3-8-17/h4,6,9,14,17H,2-3,5,7-8,10-13H2,1H3. The molecule has 0 spiro atoms. The van der Waals surface area contributed by atoms with Gasteiger partial charge in [0.2, 0.25) is 5.91 Å². The van der Waals surface area contributed by atoms with Crippen LogP contribution in [0.15, 0.2) is 24.3 Å². The van der Waals surface area contributed by atoms with Crippen LogP contribution in [0.1, 0.15) is 49.4 Å². The number of benzene rings is 1. The molecule has 1 saturated carbocycles. The van der Waals surface area contributed by atoms with Gasteiger partial charge in [-0.25, -0.2) is 0 Å². The van der Waals surface area contributed by atoms with Crippen molar-refractivity contribution in [3.63, 3.8) is 0 Å². The molecule has 5 heteroatoms. The van der Waals surface area contributed by atoms with Gasteiger partial charge in [-0.2, -0.15) is 0 Å². The van der Waals surface area contributed by atoms with Crippen LogP contribution in [0.3, 0.4) is 0 Å². The van der Waals surface area contributed by atoms with E-state index in [2.05, 4.69) is 0 Å². The van der Waals surface area contributed by atoms with Gasteiger partial charge in [0.05, 0.1) is 6.10 Å². The highest BCUT2D eigenvalue weighted by molar-refractivity contribution is 5.94. The average Bonchev–Trinajstić information content (AvgIpc) is 2.95. The summed E-state index contributed by atoms with van der Waals surface area (Å²) in [5, 5.41) is 0.